The molecule has 0 aliphatic rings. The Hall–Kier alpha value is -2.82. The van der Waals surface area contributed by atoms with Gasteiger partial charge in [-0.25, -0.2) is 0 Å². The molecule has 2 rings (SSSR count). The Labute approximate surface area is 154 Å². The molecular formula is C21H26N2O3. The summed E-state index contributed by atoms with van der Waals surface area (Å²) in [5.74, 6) is 0.202. The number of benzene rings is 2. The Kier molecular flexibility index (Phi) is 6.03. The third kappa shape index (κ3) is 5.92. The van der Waals surface area contributed by atoms with E-state index in [1.165, 1.54) is 0 Å². The highest BCUT2D eigenvalue weighted by atomic mass is 16.5. The van der Waals surface area contributed by atoms with Crippen molar-refractivity contribution < 1.29 is 14.3 Å². The fraction of sp³-hybridized carbons (Fsp3) is 0.333. The van der Waals surface area contributed by atoms with Crippen LogP contribution in [0.5, 0.6) is 5.75 Å². The molecule has 0 radical (unpaired) electrons. The number of hydrogen-bond donors (Lipinski definition) is 2. The second-order valence-corrected chi connectivity index (χ2v) is 7.45. The lowest BCUT2D eigenvalue weighted by Crippen LogP contribution is -2.27. The van der Waals surface area contributed by atoms with Crippen LogP contribution in [-0.2, 0) is 9.59 Å². The summed E-state index contributed by atoms with van der Waals surface area (Å²) in [4.78, 5) is 24.2. The largest absolute Gasteiger partial charge is 0.484 e. The zero-order valence-electron chi connectivity index (χ0n) is 16.0. The molecule has 2 aromatic carbocycles. The standard InChI is InChI=1S/C21H26N2O3/c1-14-9-15(2)11-17(10-14)22-19(24)13-26-18-8-6-7-16(12-18)23-20(25)21(3,4)5/h6-12H,13H2,1-5H3,(H,22,24)(H,23,25). The molecule has 0 fully saturated rings. The highest BCUT2D eigenvalue weighted by molar-refractivity contribution is 5.94. The van der Waals surface area contributed by atoms with Crippen LogP contribution in [0.15, 0.2) is 42.5 Å². The number of hydrogen-bond acceptors (Lipinski definition) is 3. The summed E-state index contributed by atoms with van der Waals surface area (Å²) in [5.41, 5.74) is 3.08. The Morgan fingerprint density at radius 1 is 0.923 bits per heavy atom. The van der Waals surface area contributed by atoms with Crippen molar-refractivity contribution in [3.05, 3.63) is 53.6 Å². The third-order valence-corrected chi connectivity index (χ3v) is 3.65. The smallest absolute Gasteiger partial charge is 0.262 e. The van der Waals surface area contributed by atoms with E-state index in [1.807, 2.05) is 52.8 Å². The molecule has 0 aliphatic carbocycles. The summed E-state index contributed by atoms with van der Waals surface area (Å²) < 4.78 is 5.54. The van der Waals surface area contributed by atoms with Gasteiger partial charge < -0.3 is 15.4 Å². The summed E-state index contributed by atoms with van der Waals surface area (Å²) in [6.07, 6.45) is 0. The van der Waals surface area contributed by atoms with E-state index < -0.39 is 5.41 Å². The minimum absolute atomic E-state index is 0.0813. The van der Waals surface area contributed by atoms with Gasteiger partial charge in [0.25, 0.3) is 5.91 Å². The second-order valence-electron chi connectivity index (χ2n) is 7.45. The Bertz CT molecular complexity index is 787. The van der Waals surface area contributed by atoms with Gasteiger partial charge in [0, 0.05) is 22.9 Å². The minimum Gasteiger partial charge on any atom is -0.484 e. The van der Waals surface area contributed by atoms with Gasteiger partial charge in [-0.05, 0) is 49.2 Å². The lowest BCUT2D eigenvalue weighted by Gasteiger charge is -2.18. The molecule has 5 nitrogen and oxygen atoms in total. The molecule has 2 amide bonds. The molecule has 0 saturated heterocycles. The first-order chi connectivity index (χ1) is 12.1. The molecule has 0 bridgehead atoms. The first kappa shape index (κ1) is 19.5. The number of nitrogens with one attached hydrogen (secondary N) is 2. The molecule has 2 aromatic rings. The first-order valence-electron chi connectivity index (χ1n) is 8.56. The minimum atomic E-state index is -0.483. The zero-order chi connectivity index (χ0) is 19.3. The fourth-order valence-electron chi connectivity index (χ4n) is 2.38. The van der Waals surface area contributed by atoms with E-state index in [0.717, 1.165) is 16.8 Å². The lowest BCUT2D eigenvalue weighted by atomic mass is 9.95. The summed E-state index contributed by atoms with van der Waals surface area (Å²) >= 11 is 0. The van der Waals surface area contributed by atoms with E-state index in [1.54, 1.807) is 24.3 Å². The molecule has 0 aliphatic heterocycles. The summed E-state index contributed by atoms with van der Waals surface area (Å²) in [5, 5.41) is 5.67. The van der Waals surface area contributed by atoms with Crippen LogP contribution >= 0.6 is 0 Å². The van der Waals surface area contributed by atoms with Gasteiger partial charge in [0.05, 0.1) is 0 Å². The van der Waals surface area contributed by atoms with Crippen LogP contribution in [-0.4, -0.2) is 18.4 Å². The number of amides is 2. The molecule has 0 heterocycles. The van der Waals surface area contributed by atoms with E-state index in [4.69, 9.17) is 4.74 Å². The predicted molar refractivity (Wildman–Crippen MR) is 105 cm³/mol. The van der Waals surface area contributed by atoms with Gasteiger partial charge in [-0.2, -0.15) is 0 Å². The summed E-state index contributed by atoms with van der Waals surface area (Å²) in [6, 6.07) is 12.9. The van der Waals surface area contributed by atoms with Crippen LogP contribution in [0.4, 0.5) is 11.4 Å². The van der Waals surface area contributed by atoms with Gasteiger partial charge >= 0.3 is 0 Å². The molecule has 26 heavy (non-hydrogen) atoms. The Morgan fingerprint density at radius 2 is 1.58 bits per heavy atom. The lowest BCUT2D eigenvalue weighted by molar-refractivity contribution is -0.123. The van der Waals surface area contributed by atoms with Crippen molar-refractivity contribution >= 4 is 23.2 Å². The molecule has 0 spiro atoms. The SMILES string of the molecule is Cc1cc(C)cc(NC(=O)COc2cccc(NC(=O)C(C)(C)C)c2)c1. The number of ether oxygens (including phenoxy) is 1. The number of aryl methyl sites for hydroxylation is 2. The number of carbonyl (C=O) groups excluding carboxylic acids is 2. The maximum atomic E-state index is 12.1. The van der Waals surface area contributed by atoms with Crippen molar-refractivity contribution in [1.29, 1.82) is 0 Å². The normalized spacial score (nSPS) is 11.0. The highest BCUT2D eigenvalue weighted by Crippen LogP contribution is 2.21. The fourth-order valence-corrected chi connectivity index (χ4v) is 2.38. The maximum absolute atomic E-state index is 12.1. The first-order valence-corrected chi connectivity index (χ1v) is 8.56. The van der Waals surface area contributed by atoms with Crippen molar-refractivity contribution in [3.8, 4) is 5.75 Å². The second kappa shape index (κ2) is 8.04. The maximum Gasteiger partial charge on any atom is 0.262 e. The topological polar surface area (TPSA) is 67.4 Å². The summed E-state index contributed by atoms with van der Waals surface area (Å²) in [6.45, 7) is 9.40. The van der Waals surface area contributed by atoms with Crippen LogP contribution in [0.2, 0.25) is 0 Å². The van der Waals surface area contributed by atoms with Gasteiger partial charge in [-0.1, -0.05) is 32.9 Å². The molecular weight excluding hydrogens is 328 g/mol. The van der Waals surface area contributed by atoms with Crippen LogP contribution < -0.4 is 15.4 Å². The Balaban J connectivity index is 1.93. The van der Waals surface area contributed by atoms with Gasteiger partial charge in [-0.15, -0.1) is 0 Å². The molecule has 0 aromatic heterocycles. The third-order valence-electron chi connectivity index (χ3n) is 3.65. The molecule has 2 N–H and O–H groups in total. The number of anilines is 2. The Morgan fingerprint density at radius 3 is 2.19 bits per heavy atom. The predicted octanol–water partition coefficient (Wildman–Crippen LogP) is 4.31. The van der Waals surface area contributed by atoms with Crippen LogP contribution in [0.3, 0.4) is 0 Å². The average Bonchev–Trinajstić information content (AvgIpc) is 2.51. The zero-order valence-corrected chi connectivity index (χ0v) is 16.0. The van der Waals surface area contributed by atoms with Crippen LogP contribution in [0.1, 0.15) is 31.9 Å². The van der Waals surface area contributed by atoms with E-state index in [-0.39, 0.29) is 18.4 Å². The van der Waals surface area contributed by atoms with Gasteiger partial charge in [0.15, 0.2) is 6.61 Å². The molecule has 5 heteroatoms. The van der Waals surface area contributed by atoms with Crippen molar-refractivity contribution in [3.63, 3.8) is 0 Å². The van der Waals surface area contributed by atoms with Crippen molar-refractivity contribution in [2.75, 3.05) is 17.2 Å². The highest BCUT2D eigenvalue weighted by Gasteiger charge is 2.21. The van der Waals surface area contributed by atoms with E-state index >= 15 is 0 Å². The van der Waals surface area contributed by atoms with Crippen LogP contribution in [0.25, 0.3) is 0 Å². The quantitative estimate of drug-likeness (QED) is 0.841. The molecule has 138 valence electrons. The summed E-state index contributed by atoms with van der Waals surface area (Å²) in [7, 11) is 0. The number of carbonyl (C=O) groups is 2. The van der Waals surface area contributed by atoms with E-state index in [9.17, 15) is 9.59 Å². The van der Waals surface area contributed by atoms with Gasteiger partial charge in [0.2, 0.25) is 5.91 Å². The van der Waals surface area contributed by atoms with Crippen molar-refractivity contribution in [1.82, 2.24) is 0 Å². The number of rotatable bonds is 5. The van der Waals surface area contributed by atoms with Crippen molar-refractivity contribution in [2.24, 2.45) is 5.41 Å². The van der Waals surface area contributed by atoms with E-state index in [2.05, 4.69) is 10.6 Å². The molecule has 0 atom stereocenters. The molecule has 0 unspecified atom stereocenters. The monoisotopic (exact) mass is 354 g/mol. The van der Waals surface area contributed by atoms with Gasteiger partial charge in [0.1, 0.15) is 5.75 Å². The average molecular weight is 354 g/mol. The van der Waals surface area contributed by atoms with E-state index in [0.29, 0.717) is 11.4 Å². The van der Waals surface area contributed by atoms with Gasteiger partial charge in [-0.3, -0.25) is 9.59 Å². The molecule has 0 saturated carbocycles. The van der Waals surface area contributed by atoms with Crippen LogP contribution in [0, 0.1) is 19.3 Å². The van der Waals surface area contributed by atoms with Crippen molar-refractivity contribution in [2.45, 2.75) is 34.6 Å².